The van der Waals surface area contributed by atoms with Crippen molar-refractivity contribution in [2.75, 3.05) is 0 Å². The molecule has 94 valence electrons. The number of benzene rings is 1. The summed E-state index contributed by atoms with van der Waals surface area (Å²) >= 11 is 0. The molecule has 5 heteroatoms. The minimum atomic E-state index is -1.14. The molecule has 0 unspecified atom stereocenters. The van der Waals surface area contributed by atoms with Crippen LogP contribution in [0, 0.1) is 5.82 Å². The largest absolute Gasteiger partial charge is 0.478 e. The molecule has 1 N–H and O–H groups in total. The second-order valence-electron chi connectivity index (χ2n) is 3.94. The van der Waals surface area contributed by atoms with Crippen molar-refractivity contribution in [1.29, 1.82) is 0 Å². The first kappa shape index (κ1) is 12.3. The summed E-state index contributed by atoms with van der Waals surface area (Å²) in [6, 6.07) is 5.61. The summed E-state index contributed by atoms with van der Waals surface area (Å²) in [7, 11) is 0. The van der Waals surface area contributed by atoms with Gasteiger partial charge in [0.05, 0.1) is 11.3 Å². The summed E-state index contributed by atoms with van der Waals surface area (Å²) in [4.78, 5) is 10.7. The van der Waals surface area contributed by atoms with Crippen LogP contribution in [0.25, 0.3) is 11.3 Å². The molecule has 2 aromatic rings. The fourth-order valence-electron chi connectivity index (χ4n) is 1.81. The van der Waals surface area contributed by atoms with E-state index < -0.39 is 11.8 Å². The zero-order valence-electron chi connectivity index (χ0n) is 9.93. The highest BCUT2D eigenvalue weighted by molar-refractivity contribution is 5.88. The van der Waals surface area contributed by atoms with Gasteiger partial charge < -0.3 is 5.11 Å². The summed E-state index contributed by atoms with van der Waals surface area (Å²) < 4.78 is 15.6. The summed E-state index contributed by atoms with van der Waals surface area (Å²) in [6.45, 7) is 2.71. The van der Waals surface area contributed by atoms with Gasteiger partial charge in [0.1, 0.15) is 5.82 Å². The van der Waals surface area contributed by atoms with E-state index in [9.17, 15) is 9.18 Å². The smallest absolute Gasteiger partial charge is 0.335 e. The van der Waals surface area contributed by atoms with Crippen LogP contribution < -0.4 is 0 Å². The van der Waals surface area contributed by atoms with Gasteiger partial charge in [0.15, 0.2) is 0 Å². The average molecular weight is 248 g/mol. The van der Waals surface area contributed by atoms with Crippen molar-refractivity contribution in [3.8, 4) is 11.3 Å². The topological polar surface area (TPSA) is 55.1 Å². The molecule has 2 rings (SSSR count). The van der Waals surface area contributed by atoms with Gasteiger partial charge >= 0.3 is 5.97 Å². The molecule has 1 heterocycles. The van der Waals surface area contributed by atoms with E-state index in [1.54, 1.807) is 16.9 Å². The highest BCUT2D eigenvalue weighted by atomic mass is 19.1. The van der Waals surface area contributed by atoms with Gasteiger partial charge in [-0.15, -0.1) is 0 Å². The number of aromatic nitrogens is 2. The second kappa shape index (κ2) is 5.00. The van der Waals surface area contributed by atoms with Crippen molar-refractivity contribution < 1.29 is 14.3 Å². The number of carbonyl (C=O) groups is 1. The third-order valence-electron chi connectivity index (χ3n) is 2.64. The lowest BCUT2D eigenvalue weighted by Crippen LogP contribution is -2.03. The maximum Gasteiger partial charge on any atom is 0.335 e. The van der Waals surface area contributed by atoms with Gasteiger partial charge in [-0.1, -0.05) is 6.92 Å². The Labute approximate surface area is 104 Å². The average Bonchev–Trinajstić information content (AvgIpc) is 2.77. The lowest BCUT2D eigenvalue weighted by molar-refractivity contribution is 0.0696. The Morgan fingerprint density at radius 1 is 1.44 bits per heavy atom. The van der Waals surface area contributed by atoms with E-state index in [0.29, 0.717) is 17.8 Å². The zero-order chi connectivity index (χ0) is 13.1. The molecule has 0 atom stereocenters. The summed E-state index contributed by atoms with van der Waals surface area (Å²) in [5.41, 5.74) is 0.968. The number of aromatic carboxylic acids is 1. The molecule has 0 aliphatic rings. The first-order valence-corrected chi connectivity index (χ1v) is 5.68. The molecule has 0 aliphatic carbocycles. The standard InChI is InChI=1S/C13H13FN2O2/c1-2-7-16-12(5-6-15-16)10-4-3-9(13(17)18)8-11(10)14/h3-6,8H,2,7H2,1H3,(H,17,18). The van der Waals surface area contributed by atoms with Gasteiger partial charge in [0.2, 0.25) is 0 Å². The molecule has 4 nitrogen and oxygen atoms in total. The summed E-state index contributed by atoms with van der Waals surface area (Å²) in [5, 5.41) is 12.9. The summed E-state index contributed by atoms with van der Waals surface area (Å²) in [6.07, 6.45) is 2.50. The first-order chi connectivity index (χ1) is 8.63. The minimum Gasteiger partial charge on any atom is -0.478 e. The molecule has 0 saturated carbocycles. The SMILES string of the molecule is CCCn1nccc1-c1ccc(C(=O)O)cc1F. The third-order valence-corrected chi connectivity index (χ3v) is 2.64. The normalized spacial score (nSPS) is 10.6. The van der Waals surface area contributed by atoms with Crippen molar-refractivity contribution in [3.63, 3.8) is 0 Å². The van der Waals surface area contributed by atoms with E-state index in [1.807, 2.05) is 6.92 Å². The molecule has 1 aromatic carbocycles. The van der Waals surface area contributed by atoms with E-state index in [0.717, 1.165) is 12.5 Å². The fourth-order valence-corrected chi connectivity index (χ4v) is 1.81. The Morgan fingerprint density at radius 3 is 2.83 bits per heavy atom. The molecular formula is C13H13FN2O2. The van der Waals surface area contributed by atoms with Crippen LogP contribution in [0.2, 0.25) is 0 Å². The number of nitrogens with zero attached hydrogens (tertiary/aromatic N) is 2. The molecular weight excluding hydrogens is 235 g/mol. The summed E-state index contributed by atoms with van der Waals surface area (Å²) in [5.74, 6) is -1.68. The Hall–Kier alpha value is -2.17. The molecule has 0 aliphatic heterocycles. The number of hydrogen-bond acceptors (Lipinski definition) is 2. The van der Waals surface area contributed by atoms with Crippen LogP contribution in [-0.2, 0) is 6.54 Å². The van der Waals surface area contributed by atoms with Crippen molar-refractivity contribution in [1.82, 2.24) is 9.78 Å². The number of carboxylic acid groups (broad SMARTS) is 1. The van der Waals surface area contributed by atoms with Gasteiger partial charge in [0.25, 0.3) is 0 Å². The highest BCUT2D eigenvalue weighted by Crippen LogP contribution is 2.23. The van der Waals surface area contributed by atoms with E-state index >= 15 is 0 Å². The highest BCUT2D eigenvalue weighted by Gasteiger charge is 2.12. The Morgan fingerprint density at radius 2 is 2.22 bits per heavy atom. The third kappa shape index (κ3) is 2.25. The van der Waals surface area contributed by atoms with Crippen molar-refractivity contribution in [2.45, 2.75) is 19.9 Å². The van der Waals surface area contributed by atoms with Crippen LogP contribution in [0.1, 0.15) is 23.7 Å². The van der Waals surface area contributed by atoms with Crippen LogP contribution in [0.4, 0.5) is 4.39 Å². The van der Waals surface area contributed by atoms with Gasteiger partial charge in [0, 0.05) is 18.3 Å². The molecule has 0 radical (unpaired) electrons. The molecule has 18 heavy (non-hydrogen) atoms. The molecule has 0 bridgehead atoms. The molecule has 0 amide bonds. The molecule has 0 spiro atoms. The van der Waals surface area contributed by atoms with Crippen molar-refractivity contribution in [3.05, 3.63) is 41.8 Å². The second-order valence-corrected chi connectivity index (χ2v) is 3.94. The van der Waals surface area contributed by atoms with Crippen LogP contribution in [-0.4, -0.2) is 20.9 Å². The lowest BCUT2D eigenvalue weighted by Gasteiger charge is -2.07. The van der Waals surface area contributed by atoms with E-state index in [-0.39, 0.29) is 5.56 Å². The fraction of sp³-hybridized carbons (Fsp3) is 0.231. The Kier molecular flexibility index (Phi) is 3.41. The predicted octanol–water partition coefficient (Wildman–Crippen LogP) is 2.80. The first-order valence-electron chi connectivity index (χ1n) is 5.68. The minimum absolute atomic E-state index is 0.0576. The monoisotopic (exact) mass is 248 g/mol. The van der Waals surface area contributed by atoms with Crippen LogP contribution in [0.5, 0.6) is 0 Å². The van der Waals surface area contributed by atoms with Gasteiger partial charge in [-0.2, -0.15) is 5.10 Å². The van der Waals surface area contributed by atoms with E-state index in [1.165, 1.54) is 12.1 Å². The van der Waals surface area contributed by atoms with Gasteiger partial charge in [-0.25, -0.2) is 9.18 Å². The predicted molar refractivity (Wildman–Crippen MR) is 64.9 cm³/mol. The quantitative estimate of drug-likeness (QED) is 0.905. The van der Waals surface area contributed by atoms with Crippen LogP contribution >= 0.6 is 0 Å². The van der Waals surface area contributed by atoms with E-state index in [4.69, 9.17) is 5.11 Å². The van der Waals surface area contributed by atoms with Crippen LogP contribution in [0.15, 0.2) is 30.5 Å². The van der Waals surface area contributed by atoms with Crippen molar-refractivity contribution >= 4 is 5.97 Å². The van der Waals surface area contributed by atoms with Crippen molar-refractivity contribution in [2.24, 2.45) is 0 Å². The molecule has 0 saturated heterocycles. The maximum absolute atomic E-state index is 13.9. The lowest BCUT2D eigenvalue weighted by atomic mass is 10.1. The van der Waals surface area contributed by atoms with Gasteiger partial charge in [-0.05, 0) is 30.7 Å². The number of rotatable bonds is 4. The maximum atomic E-state index is 13.9. The Bertz CT molecular complexity index is 578. The van der Waals surface area contributed by atoms with E-state index in [2.05, 4.69) is 5.10 Å². The number of hydrogen-bond donors (Lipinski definition) is 1. The molecule has 0 fully saturated rings. The Balaban J connectivity index is 2.44. The number of carboxylic acids is 1. The number of aryl methyl sites for hydroxylation is 1. The zero-order valence-corrected chi connectivity index (χ0v) is 9.93. The molecule has 1 aromatic heterocycles. The van der Waals surface area contributed by atoms with Gasteiger partial charge in [-0.3, -0.25) is 4.68 Å². The number of halogens is 1. The van der Waals surface area contributed by atoms with Crippen LogP contribution in [0.3, 0.4) is 0 Å².